The van der Waals surface area contributed by atoms with Gasteiger partial charge < -0.3 is 10.4 Å². The highest BCUT2D eigenvalue weighted by atomic mass is 16.4. The van der Waals surface area contributed by atoms with Crippen LogP contribution in [0.5, 0.6) is 0 Å². The van der Waals surface area contributed by atoms with Gasteiger partial charge in [-0.3, -0.25) is 4.68 Å². The Labute approximate surface area is 117 Å². The third-order valence-corrected chi connectivity index (χ3v) is 3.94. The summed E-state index contributed by atoms with van der Waals surface area (Å²) in [7, 11) is 1.77. The number of rotatable bonds is 5. The highest BCUT2D eigenvalue weighted by Gasteiger charge is 2.25. The number of benzene rings is 1. The van der Waals surface area contributed by atoms with Crippen LogP contribution in [0.1, 0.15) is 33.1 Å². The lowest BCUT2D eigenvalue weighted by molar-refractivity contribution is 0.0695. The molecule has 0 saturated heterocycles. The molecule has 0 bridgehead atoms. The Morgan fingerprint density at radius 2 is 2.30 bits per heavy atom. The van der Waals surface area contributed by atoms with Gasteiger partial charge in [-0.15, -0.1) is 0 Å². The van der Waals surface area contributed by atoms with E-state index in [1.807, 2.05) is 0 Å². The predicted octanol–water partition coefficient (Wildman–Crippen LogP) is 1.55. The topological polar surface area (TPSA) is 67.2 Å². The molecule has 1 aromatic heterocycles. The number of nitrogens with zero attached hydrogens (tertiary/aromatic N) is 2. The van der Waals surface area contributed by atoms with Gasteiger partial charge in [0.1, 0.15) is 5.56 Å². The molecule has 0 aliphatic heterocycles. The summed E-state index contributed by atoms with van der Waals surface area (Å²) < 4.78 is 1.62. The number of aromatic carboxylic acids is 1. The zero-order valence-electron chi connectivity index (χ0n) is 11.3. The van der Waals surface area contributed by atoms with Crippen molar-refractivity contribution in [2.24, 2.45) is 7.05 Å². The Bertz CT molecular complexity index is 648. The van der Waals surface area contributed by atoms with E-state index in [1.165, 1.54) is 17.3 Å². The Morgan fingerprint density at radius 3 is 3.05 bits per heavy atom. The van der Waals surface area contributed by atoms with Crippen molar-refractivity contribution in [2.45, 2.75) is 18.9 Å². The summed E-state index contributed by atoms with van der Waals surface area (Å²) in [6.07, 6.45) is 2.50. The lowest BCUT2D eigenvalue weighted by Crippen LogP contribution is -2.29. The average Bonchev–Trinajstić information content (AvgIpc) is 2.77. The number of nitrogens with one attached hydrogen (secondary N) is 1. The highest BCUT2D eigenvalue weighted by Crippen LogP contribution is 2.34. The quantitative estimate of drug-likeness (QED) is 0.866. The maximum atomic E-state index is 11.1. The van der Waals surface area contributed by atoms with Crippen molar-refractivity contribution in [1.29, 1.82) is 0 Å². The van der Waals surface area contributed by atoms with Gasteiger partial charge in [0, 0.05) is 26.1 Å². The first kappa shape index (κ1) is 12.9. The zero-order valence-corrected chi connectivity index (χ0v) is 11.3. The first-order chi connectivity index (χ1) is 9.66. The maximum absolute atomic E-state index is 11.1. The van der Waals surface area contributed by atoms with Crippen LogP contribution in [-0.2, 0) is 20.0 Å². The van der Waals surface area contributed by atoms with Crippen LogP contribution < -0.4 is 5.32 Å². The van der Waals surface area contributed by atoms with Crippen molar-refractivity contribution in [3.05, 3.63) is 52.8 Å². The molecule has 1 aliphatic rings. The number of carboxylic acids is 1. The van der Waals surface area contributed by atoms with Crippen LogP contribution in [0, 0.1) is 0 Å². The van der Waals surface area contributed by atoms with Gasteiger partial charge in [-0.25, -0.2) is 4.79 Å². The van der Waals surface area contributed by atoms with Gasteiger partial charge in [-0.2, -0.15) is 5.10 Å². The molecule has 0 fully saturated rings. The summed E-state index contributed by atoms with van der Waals surface area (Å²) in [5.41, 5.74) is 3.81. The molecule has 2 aromatic rings. The number of aryl methyl sites for hydroxylation is 1. The molecule has 0 radical (unpaired) electrons. The van der Waals surface area contributed by atoms with E-state index >= 15 is 0 Å². The molecule has 1 atom stereocenters. The minimum atomic E-state index is -0.927. The Kier molecular flexibility index (Phi) is 3.28. The fourth-order valence-electron chi connectivity index (χ4n) is 2.76. The number of hydrogen-bond donors (Lipinski definition) is 2. The summed E-state index contributed by atoms with van der Waals surface area (Å²) in [5, 5.41) is 16.4. The van der Waals surface area contributed by atoms with Gasteiger partial charge in [0.2, 0.25) is 0 Å². The van der Waals surface area contributed by atoms with Crippen LogP contribution in [0.2, 0.25) is 0 Å². The van der Waals surface area contributed by atoms with Crippen LogP contribution in [0.4, 0.5) is 0 Å². The van der Waals surface area contributed by atoms with E-state index in [0.717, 1.165) is 13.0 Å². The van der Waals surface area contributed by atoms with Gasteiger partial charge >= 0.3 is 5.97 Å². The van der Waals surface area contributed by atoms with Crippen LogP contribution in [0.25, 0.3) is 0 Å². The molecule has 20 heavy (non-hydrogen) atoms. The second kappa shape index (κ2) is 5.09. The average molecular weight is 271 g/mol. The van der Waals surface area contributed by atoms with Crippen molar-refractivity contribution >= 4 is 5.97 Å². The SMILES string of the molecule is Cn1ncc(C(=O)O)c1CNCC1Cc2ccccc21. The third-order valence-electron chi connectivity index (χ3n) is 3.94. The van der Waals surface area contributed by atoms with Gasteiger partial charge in [0.15, 0.2) is 0 Å². The van der Waals surface area contributed by atoms with E-state index < -0.39 is 5.97 Å². The zero-order chi connectivity index (χ0) is 14.1. The highest BCUT2D eigenvalue weighted by molar-refractivity contribution is 5.88. The molecule has 1 unspecified atom stereocenters. The van der Waals surface area contributed by atoms with Crippen LogP contribution >= 0.6 is 0 Å². The Balaban J connectivity index is 1.60. The molecule has 0 amide bonds. The molecule has 1 aliphatic carbocycles. The molecule has 1 aromatic carbocycles. The minimum Gasteiger partial charge on any atom is -0.478 e. The second-order valence-electron chi connectivity index (χ2n) is 5.16. The van der Waals surface area contributed by atoms with Crippen molar-refractivity contribution in [1.82, 2.24) is 15.1 Å². The summed E-state index contributed by atoms with van der Waals surface area (Å²) in [6, 6.07) is 8.46. The first-order valence-electron chi connectivity index (χ1n) is 6.69. The number of carboxylic acid groups (broad SMARTS) is 1. The van der Waals surface area contributed by atoms with Crippen molar-refractivity contribution in [2.75, 3.05) is 6.54 Å². The van der Waals surface area contributed by atoms with Gasteiger partial charge in [-0.1, -0.05) is 24.3 Å². The number of aromatic nitrogens is 2. The summed E-state index contributed by atoms with van der Waals surface area (Å²) >= 11 is 0. The molecule has 104 valence electrons. The van der Waals surface area contributed by atoms with Gasteiger partial charge in [-0.05, 0) is 17.5 Å². The lowest BCUT2D eigenvalue weighted by atomic mass is 9.77. The standard InChI is InChI=1S/C15H17N3O2/c1-18-14(13(8-17-18)15(19)20)9-16-7-11-6-10-4-2-3-5-12(10)11/h2-5,8,11,16H,6-7,9H2,1H3,(H,19,20). The molecule has 1 heterocycles. The number of fused-ring (bicyclic) bond motifs is 1. The van der Waals surface area contributed by atoms with Crippen LogP contribution in [0.3, 0.4) is 0 Å². The molecular weight excluding hydrogens is 254 g/mol. The molecule has 0 saturated carbocycles. The van der Waals surface area contributed by atoms with E-state index in [2.05, 4.69) is 34.7 Å². The fraction of sp³-hybridized carbons (Fsp3) is 0.333. The molecule has 2 N–H and O–H groups in total. The normalized spacial score (nSPS) is 16.6. The molecule has 5 heteroatoms. The summed E-state index contributed by atoms with van der Waals surface area (Å²) in [5.74, 6) is -0.392. The molecule has 0 spiro atoms. The monoisotopic (exact) mass is 271 g/mol. The largest absolute Gasteiger partial charge is 0.478 e. The van der Waals surface area contributed by atoms with Crippen LogP contribution in [0.15, 0.2) is 30.5 Å². The van der Waals surface area contributed by atoms with Gasteiger partial charge in [0.05, 0.1) is 11.9 Å². The fourth-order valence-corrected chi connectivity index (χ4v) is 2.76. The van der Waals surface area contributed by atoms with E-state index in [-0.39, 0.29) is 5.56 Å². The summed E-state index contributed by atoms with van der Waals surface area (Å²) in [4.78, 5) is 11.1. The first-order valence-corrected chi connectivity index (χ1v) is 6.69. The summed E-state index contributed by atoms with van der Waals surface area (Å²) in [6.45, 7) is 1.39. The van der Waals surface area contributed by atoms with E-state index in [9.17, 15) is 4.79 Å². The van der Waals surface area contributed by atoms with E-state index in [0.29, 0.717) is 18.2 Å². The Morgan fingerprint density at radius 1 is 1.50 bits per heavy atom. The van der Waals surface area contributed by atoms with Crippen molar-refractivity contribution in [3.63, 3.8) is 0 Å². The second-order valence-corrected chi connectivity index (χ2v) is 5.16. The van der Waals surface area contributed by atoms with Gasteiger partial charge in [0.25, 0.3) is 0 Å². The van der Waals surface area contributed by atoms with Crippen molar-refractivity contribution < 1.29 is 9.90 Å². The maximum Gasteiger partial charge on any atom is 0.339 e. The van der Waals surface area contributed by atoms with E-state index in [4.69, 9.17) is 5.11 Å². The smallest absolute Gasteiger partial charge is 0.339 e. The molecule has 3 rings (SSSR count). The van der Waals surface area contributed by atoms with Crippen molar-refractivity contribution in [3.8, 4) is 0 Å². The van der Waals surface area contributed by atoms with E-state index in [1.54, 1.807) is 11.7 Å². The molecular formula is C15H17N3O2. The minimum absolute atomic E-state index is 0.272. The molecule has 5 nitrogen and oxygen atoms in total. The Hall–Kier alpha value is -2.14. The van der Waals surface area contributed by atoms with Crippen LogP contribution in [-0.4, -0.2) is 27.4 Å². The lowest BCUT2D eigenvalue weighted by Gasteiger charge is -2.30. The third kappa shape index (κ3) is 2.20. The number of carbonyl (C=O) groups is 1. The number of hydrogen-bond acceptors (Lipinski definition) is 3. The predicted molar refractivity (Wildman–Crippen MR) is 74.8 cm³/mol.